The maximum absolute atomic E-state index is 6.04. The molecule has 21 heavy (non-hydrogen) atoms. The predicted octanol–water partition coefficient (Wildman–Crippen LogP) is 3.22. The lowest BCUT2D eigenvalue weighted by atomic mass is 10.1. The minimum Gasteiger partial charge on any atom is -0.493 e. The summed E-state index contributed by atoms with van der Waals surface area (Å²) in [7, 11) is 4.92. The molecule has 0 aliphatic heterocycles. The number of aromatic nitrogens is 2. The SMILES string of the molecule is COc1cc2nc(CCl)n(CC(C)(C)OC)c2cc1OC. The van der Waals surface area contributed by atoms with Crippen LogP contribution >= 0.6 is 11.6 Å². The molecule has 0 radical (unpaired) electrons. The van der Waals surface area contributed by atoms with Crippen LogP contribution < -0.4 is 9.47 Å². The van der Waals surface area contributed by atoms with Gasteiger partial charge >= 0.3 is 0 Å². The number of halogens is 1. The molecule has 0 unspecified atom stereocenters. The van der Waals surface area contributed by atoms with Crippen LogP contribution in [0.4, 0.5) is 0 Å². The summed E-state index contributed by atoms with van der Waals surface area (Å²) in [5.74, 6) is 2.45. The number of fused-ring (bicyclic) bond motifs is 1. The molecule has 0 bridgehead atoms. The van der Waals surface area contributed by atoms with Gasteiger partial charge in [-0.05, 0) is 13.8 Å². The van der Waals surface area contributed by atoms with Crippen molar-refractivity contribution in [2.24, 2.45) is 0 Å². The quantitative estimate of drug-likeness (QED) is 0.768. The number of hydrogen-bond acceptors (Lipinski definition) is 4. The van der Waals surface area contributed by atoms with E-state index < -0.39 is 0 Å². The number of rotatable bonds is 6. The Balaban J connectivity index is 2.62. The van der Waals surface area contributed by atoms with Crippen molar-refractivity contribution in [2.45, 2.75) is 31.9 Å². The summed E-state index contributed by atoms with van der Waals surface area (Å²) in [6, 6.07) is 3.78. The third-order valence-corrected chi connectivity index (χ3v) is 3.78. The zero-order valence-electron chi connectivity index (χ0n) is 13.1. The van der Waals surface area contributed by atoms with E-state index in [4.69, 9.17) is 25.8 Å². The summed E-state index contributed by atoms with van der Waals surface area (Å²) in [5, 5.41) is 0. The number of imidazole rings is 1. The number of ether oxygens (including phenoxy) is 3. The molecule has 0 fully saturated rings. The second kappa shape index (κ2) is 6.12. The van der Waals surface area contributed by atoms with Crippen molar-refractivity contribution < 1.29 is 14.2 Å². The first kappa shape index (κ1) is 15.9. The van der Waals surface area contributed by atoms with Crippen molar-refractivity contribution >= 4 is 22.6 Å². The monoisotopic (exact) mass is 312 g/mol. The number of hydrogen-bond donors (Lipinski definition) is 0. The van der Waals surface area contributed by atoms with Crippen molar-refractivity contribution in [3.63, 3.8) is 0 Å². The standard InChI is InChI=1S/C15H21ClN2O3/c1-15(2,21-5)9-18-11-7-13(20-4)12(19-3)6-10(11)17-14(18)8-16/h6-7H,8-9H2,1-5H3. The van der Waals surface area contributed by atoms with Crippen LogP contribution in [0.15, 0.2) is 12.1 Å². The predicted molar refractivity (Wildman–Crippen MR) is 83.5 cm³/mol. The zero-order chi connectivity index (χ0) is 15.6. The van der Waals surface area contributed by atoms with Gasteiger partial charge in [-0.3, -0.25) is 0 Å². The van der Waals surface area contributed by atoms with Crippen LogP contribution in [0, 0.1) is 0 Å². The molecule has 0 atom stereocenters. The van der Waals surface area contributed by atoms with Gasteiger partial charge in [-0.2, -0.15) is 0 Å². The van der Waals surface area contributed by atoms with E-state index in [1.165, 1.54) is 0 Å². The van der Waals surface area contributed by atoms with Crippen LogP contribution in [0.5, 0.6) is 11.5 Å². The van der Waals surface area contributed by atoms with E-state index in [9.17, 15) is 0 Å². The van der Waals surface area contributed by atoms with E-state index in [0.717, 1.165) is 16.9 Å². The van der Waals surface area contributed by atoms with Gasteiger partial charge in [0.25, 0.3) is 0 Å². The van der Waals surface area contributed by atoms with Crippen LogP contribution in [0.25, 0.3) is 11.0 Å². The molecule has 1 aromatic heterocycles. The van der Waals surface area contributed by atoms with E-state index in [0.29, 0.717) is 23.9 Å². The summed E-state index contributed by atoms with van der Waals surface area (Å²) in [5.41, 5.74) is 1.46. The lowest BCUT2D eigenvalue weighted by Crippen LogP contribution is -2.29. The fourth-order valence-corrected chi connectivity index (χ4v) is 2.43. The van der Waals surface area contributed by atoms with Gasteiger partial charge in [-0.1, -0.05) is 0 Å². The molecule has 6 heteroatoms. The van der Waals surface area contributed by atoms with Gasteiger partial charge < -0.3 is 18.8 Å². The van der Waals surface area contributed by atoms with Crippen molar-refractivity contribution in [2.75, 3.05) is 21.3 Å². The van der Waals surface area contributed by atoms with Gasteiger partial charge in [0, 0.05) is 19.2 Å². The van der Waals surface area contributed by atoms with E-state index in [-0.39, 0.29) is 5.60 Å². The first-order chi connectivity index (χ1) is 9.95. The molecule has 0 N–H and O–H groups in total. The lowest BCUT2D eigenvalue weighted by Gasteiger charge is -2.24. The third kappa shape index (κ3) is 3.09. The Morgan fingerprint density at radius 2 is 1.76 bits per heavy atom. The number of methoxy groups -OCH3 is 3. The Labute approximate surface area is 129 Å². The Morgan fingerprint density at radius 1 is 1.14 bits per heavy atom. The van der Waals surface area contributed by atoms with Crippen molar-refractivity contribution in [1.82, 2.24) is 9.55 Å². The highest BCUT2D eigenvalue weighted by Crippen LogP contribution is 2.33. The van der Waals surface area contributed by atoms with Gasteiger partial charge in [0.1, 0.15) is 5.82 Å². The fraction of sp³-hybridized carbons (Fsp3) is 0.533. The highest BCUT2D eigenvalue weighted by atomic mass is 35.5. The van der Waals surface area contributed by atoms with E-state index in [1.54, 1.807) is 21.3 Å². The molecule has 1 aromatic carbocycles. The molecule has 2 rings (SSSR count). The highest BCUT2D eigenvalue weighted by Gasteiger charge is 2.22. The zero-order valence-corrected chi connectivity index (χ0v) is 13.8. The normalized spacial score (nSPS) is 11.9. The Hall–Kier alpha value is -1.46. The molecule has 1 heterocycles. The van der Waals surface area contributed by atoms with Crippen molar-refractivity contribution in [1.29, 1.82) is 0 Å². The molecular formula is C15H21ClN2O3. The number of alkyl halides is 1. The third-order valence-electron chi connectivity index (χ3n) is 3.54. The summed E-state index contributed by atoms with van der Waals surface area (Å²) >= 11 is 6.04. The number of benzene rings is 1. The topological polar surface area (TPSA) is 45.5 Å². The summed E-state index contributed by atoms with van der Waals surface area (Å²) < 4.78 is 18.3. The maximum atomic E-state index is 6.04. The highest BCUT2D eigenvalue weighted by molar-refractivity contribution is 6.16. The molecular weight excluding hydrogens is 292 g/mol. The molecule has 0 saturated carbocycles. The van der Waals surface area contributed by atoms with Crippen molar-refractivity contribution in [3.8, 4) is 11.5 Å². The van der Waals surface area contributed by atoms with Gasteiger partial charge in [-0.15, -0.1) is 11.6 Å². The average molecular weight is 313 g/mol. The first-order valence-electron chi connectivity index (χ1n) is 6.68. The smallest absolute Gasteiger partial charge is 0.163 e. The second-order valence-corrected chi connectivity index (χ2v) is 5.67. The summed E-state index contributed by atoms with van der Waals surface area (Å²) in [6.45, 7) is 4.70. The van der Waals surface area contributed by atoms with Gasteiger partial charge in [0.05, 0.1) is 43.3 Å². The van der Waals surface area contributed by atoms with Crippen LogP contribution in [0.1, 0.15) is 19.7 Å². The van der Waals surface area contributed by atoms with Crippen LogP contribution in [-0.2, 0) is 17.2 Å². The van der Waals surface area contributed by atoms with E-state index in [2.05, 4.69) is 9.55 Å². The molecule has 5 nitrogen and oxygen atoms in total. The second-order valence-electron chi connectivity index (χ2n) is 5.41. The minimum atomic E-state index is -0.318. The fourth-order valence-electron chi connectivity index (χ4n) is 2.23. The first-order valence-corrected chi connectivity index (χ1v) is 7.21. The van der Waals surface area contributed by atoms with E-state index in [1.807, 2.05) is 26.0 Å². The largest absolute Gasteiger partial charge is 0.493 e. The Bertz CT molecular complexity index is 637. The number of nitrogens with zero attached hydrogens (tertiary/aromatic N) is 2. The minimum absolute atomic E-state index is 0.318. The molecule has 0 aliphatic carbocycles. The van der Waals surface area contributed by atoms with E-state index >= 15 is 0 Å². The molecule has 0 aliphatic rings. The summed E-state index contributed by atoms with van der Waals surface area (Å²) in [6.07, 6.45) is 0. The summed E-state index contributed by atoms with van der Waals surface area (Å²) in [4.78, 5) is 4.57. The van der Waals surface area contributed by atoms with Gasteiger partial charge in [0.15, 0.2) is 11.5 Å². The lowest BCUT2D eigenvalue weighted by molar-refractivity contribution is 0.00854. The molecule has 0 spiro atoms. The maximum Gasteiger partial charge on any atom is 0.163 e. The Kier molecular flexibility index (Phi) is 4.64. The molecule has 0 amide bonds. The average Bonchev–Trinajstić information content (AvgIpc) is 2.82. The van der Waals surface area contributed by atoms with Crippen LogP contribution in [-0.4, -0.2) is 36.5 Å². The molecule has 116 valence electrons. The van der Waals surface area contributed by atoms with Crippen LogP contribution in [0.3, 0.4) is 0 Å². The molecule has 2 aromatic rings. The molecule has 0 saturated heterocycles. The van der Waals surface area contributed by atoms with Gasteiger partial charge in [-0.25, -0.2) is 4.98 Å². The van der Waals surface area contributed by atoms with Crippen LogP contribution in [0.2, 0.25) is 0 Å². The van der Waals surface area contributed by atoms with Gasteiger partial charge in [0.2, 0.25) is 0 Å². The Morgan fingerprint density at radius 3 is 2.29 bits per heavy atom. The van der Waals surface area contributed by atoms with Crippen molar-refractivity contribution in [3.05, 3.63) is 18.0 Å².